The Labute approximate surface area is 192 Å². The second-order valence-corrected chi connectivity index (χ2v) is 8.36. The summed E-state index contributed by atoms with van der Waals surface area (Å²) >= 11 is 0. The molecule has 0 spiro atoms. The molecule has 0 fully saturated rings. The number of carbonyl (C=O) groups excluding carboxylic acids is 2. The lowest BCUT2D eigenvalue weighted by molar-refractivity contribution is -0.119. The number of aromatic nitrogens is 1. The highest BCUT2D eigenvalue weighted by atomic mass is 16.5. The quantitative estimate of drug-likeness (QED) is 0.500. The Morgan fingerprint density at radius 1 is 0.939 bits per heavy atom. The van der Waals surface area contributed by atoms with Crippen molar-refractivity contribution in [2.45, 2.75) is 12.0 Å². The van der Waals surface area contributed by atoms with Gasteiger partial charge in [-0.05, 0) is 29.8 Å². The Bertz CT molecular complexity index is 1370. The van der Waals surface area contributed by atoms with Crippen molar-refractivity contribution in [1.82, 2.24) is 9.47 Å². The van der Waals surface area contributed by atoms with Gasteiger partial charge in [0.2, 0.25) is 5.91 Å². The van der Waals surface area contributed by atoms with Gasteiger partial charge in [-0.25, -0.2) is 0 Å². The largest absolute Gasteiger partial charge is 0.497 e. The zero-order valence-electron chi connectivity index (χ0n) is 18.8. The molecule has 0 saturated carbocycles. The molecular formula is C27H25N3O3. The van der Waals surface area contributed by atoms with E-state index in [4.69, 9.17) is 4.74 Å². The van der Waals surface area contributed by atoms with Gasteiger partial charge in [-0.1, -0.05) is 42.5 Å². The van der Waals surface area contributed by atoms with Crippen LogP contribution in [-0.2, 0) is 11.8 Å². The van der Waals surface area contributed by atoms with E-state index >= 15 is 0 Å². The summed E-state index contributed by atoms with van der Waals surface area (Å²) < 4.78 is 7.35. The minimum atomic E-state index is -0.582. The van der Waals surface area contributed by atoms with Crippen LogP contribution >= 0.6 is 0 Å². The van der Waals surface area contributed by atoms with Crippen LogP contribution in [0.3, 0.4) is 0 Å². The molecule has 1 aliphatic heterocycles. The fourth-order valence-corrected chi connectivity index (χ4v) is 4.88. The summed E-state index contributed by atoms with van der Waals surface area (Å²) in [6.45, 7) is 0. The van der Waals surface area contributed by atoms with Crippen molar-refractivity contribution >= 4 is 28.4 Å². The van der Waals surface area contributed by atoms with Crippen LogP contribution in [0.5, 0.6) is 5.75 Å². The van der Waals surface area contributed by atoms with Crippen LogP contribution < -0.4 is 10.1 Å². The number of rotatable bonds is 4. The third kappa shape index (κ3) is 3.44. The molecule has 1 aromatic heterocycles. The van der Waals surface area contributed by atoms with E-state index in [0.717, 1.165) is 22.0 Å². The van der Waals surface area contributed by atoms with Crippen molar-refractivity contribution in [2.24, 2.45) is 7.05 Å². The van der Waals surface area contributed by atoms with Crippen LogP contribution in [0.15, 0.2) is 79.0 Å². The molecular weight excluding hydrogens is 414 g/mol. The van der Waals surface area contributed by atoms with Gasteiger partial charge in [0.25, 0.3) is 5.91 Å². The number of fused-ring (bicyclic) bond motifs is 2. The second kappa shape index (κ2) is 8.13. The van der Waals surface area contributed by atoms with Crippen molar-refractivity contribution in [2.75, 3.05) is 19.5 Å². The van der Waals surface area contributed by atoms with Gasteiger partial charge in [-0.3, -0.25) is 9.59 Å². The number of anilines is 1. The SMILES string of the molecule is COc1cccc(NC(=O)[C@@H]2c3ccccc3C(=O)N(C)[C@H]2c2cn(C)c3ccccc23)c1. The standard InChI is InChI=1S/C27H25N3O3/c1-29-16-22(19-11-6-7-14-23(19)29)25-24(20-12-4-5-13-21(20)27(32)30(25)2)26(31)28-17-9-8-10-18(15-17)33-3/h4-16,24-25H,1-3H3,(H,28,31)/t24-,25+/m1/s1. The molecule has 2 amide bonds. The molecule has 4 aromatic rings. The number of amides is 2. The number of carbonyl (C=O) groups is 2. The minimum absolute atomic E-state index is 0.0889. The third-order valence-electron chi connectivity index (χ3n) is 6.45. The van der Waals surface area contributed by atoms with Crippen LogP contribution in [0.25, 0.3) is 10.9 Å². The zero-order valence-corrected chi connectivity index (χ0v) is 18.8. The van der Waals surface area contributed by atoms with E-state index in [1.165, 1.54) is 0 Å². The van der Waals surface area contributed by atoms with E-state index in [0.29, 0.717) is 17.0 Å². The summed E-state index contributed by atoms with van der Waals surface area (Å²) in [5.74, 6) is -0.183. The first-order valence-corrected chi connectivity index (χ1v) is 10.8. The van der Waals surface area contributed by atoms with E-state index in [1.54, 1.807) is 31.2 Å². The maximum Gasteiger partial charge on any atom is 0.254 e. The Morgan fingerprint density at radius 3 is 2.52 bits per heavy atom. The molecule has 3 aromatic carbocycles. The van der Waals surface area contributed by atoms with Crippen molar-refractivity contribution < 1.29 is 14.3 Å². The van der Waals surface area contributed by atoms with E-state index < -0.39 is 12.0 Å². The van der Waals surface area contributed by atoms with E-state index in [2.05, 4.69) is 5.32 Å². The number of ether oxygens (including phenoxy) is 1. The molecule has 33 heavy (non-hydrogen) atoms. The maximum absolute atomic E-state index is 13.8. The predicted molar refractivity (Wildman–Crippen MR) is 129 cm³/mol. The van der Waals surface area contributed by atoms with Crippen LogP contribution in [0.1, 0.15) is 33.4 Å². The second-order valence-electron chi connectivity index (χ2n) is 8.36. The summed E-state index contributed by atoms with van der Waals surface area (Å²) in [5, 5.41) is 4.08. The number of likely N-dealkylation sites (N-methyl/N-ethyl adjacent to an activating group) is 1. The highest BCUT2D eigenvalue weighted by Crippen LogP contribution is 2.44. The smallest absolute Gasteiger partial charge is 0.254 e. The summed E-state index contributed by atoms with van der Waals surface area (Å²) in [4.78, 5) is 28.8. The average Bonchev–Trinajstić information content (AvgIpc) is 3.17. The maximum atomic E-state index is 13.8. The first-order chi connectivity index (χ1) is 16.0. The third-order valence-corrected chi connectivity index (χ3v) is 6.45. The molecule has 0 radical (unpaired) electrons. The molecule has 1 aliphatic rings. The fraction of sp³-hybridized carbons (Fsp3) is 0.185. The van der Waals surface area contributed by atoms with Gasteiger partial charge in [0.15, 0.2) is 0 Å². The molecule has 5 rings (SSSR count). The van der Waals surface area contributed by atoms with Crippen molar-refractivity contribution in [3.05, 3.63) is 95.7 Å². The normalized spacial score (nSPS) is 17.7. The summed E-state index contributed by atoms with van der Waals surface area (Å²) in [5.41, 5.74) is 3.94. The van der Waals surface area contributed by atoms with Gasteiger partial charge in [0.05, 0.1) is 19.1 Å². The Morgan fingerprint density at radius 2 is 1.70 bits per heavy atom. The molecule has 2 atom stereocenters. The molecule has 6 heteroatoms. The van der Waals surface area contributed by atoms with Crippen LogP contribution in [-0.4, -0.2) is 35.4 Å². The number of nitrogens with zero attached hydrogens (tertiary/aromatic N) is 2. The Kier molecular flexibility index (Phi) is 5.13. The molecule has 2 heterocycles. The fourth-order valence-electron chi connectivity index (χ4n) is 4.88. The number of benzene rings is 3. The highest BCUT2D eigenvalue weighted by Gasteiger charge is 2.43. The van der Waals surface area contributed by atoms with Gasteiger partial charge < -0.3 is 19.5 Å². The zero-order chi connectivity index (χ0) is 23.1. The topological polar surface area (TPSA) is 63.6 Å². The molecule has 0 bridgehead atoms. The number of hydrogen-bond acceptors (Lipinski definition) is 3. The van der Waals surface area contributed by atoms with Crippen molar-refractivity contribution in [3.63, 3.8) is 0 Å². The summed E-state index contributed by atoms with van der Waals surface area (Å²) in [6, 6.07) is 22.3. The average molecular weight is 440 g/mol. The summed E-state index contributed by atoms with van der Waals surface area (Å²) in [7, 11) is 5.35. The molecule has 0 aliphatic carbocycles. The van der Waals surface area contributed by atoms with Gasteiger partial charge >= 0.3 is 0 Å². The molecule has 0 saturated heterocycles. The molecule has 1 N–H and O–H groups in total. The van der Waals surface area contributed by atoms with E-state index in [9.17, 15) is 9.59 Å². The summed E-state index contributed by atoms with van der Waals surface area (Å²) in [6.07, 6.45) is 2.03. The highest BCUT2D eigenvalue weighted by molar-refractivity contribution is 6.05. The van der Waals surface area contributed by atoms with Gasteiger partial charge in [0, 0.05) is 54.1 Å². The van der Waals surface area contributed by atoms with Crippen molar-refractivity contribution in [1.29, 1.82) is 0 Å². The first-order valence-electron chi connectivity index (χ1n) is 10.8. The number of aryl methyl sites for hydroxylation is 1. The van der Waals surface area contributed by atoms with Crippen LogP contribution in [0.2, 0.25) is 0 Å². The van der Waals surface area contributed by atoms with Crippen LogP contribution in [0.4, 0.5) is 5.69 Å². The Balaban J connectivity index is 1.66. The van der Waals surface area contributed by atoms with Gasteiger partial charge in [-0.15, -0.1) is 0 Å². The molecule has 166 valence electrons. The predicted octanol–water partition coefficient (Wildman–Crippen LogP) is 4.74. The number of nitrogens with one attached hydrogen (secondary N) is 1. The number of methoxy groups -OCH3 is 1. The lowest BCUT2D eigenvalue weighted by Gasteiger charge is -2.39. The van der Waals surface area contributed by atoms with Gasteiger partial charge in [-0.2, -0.15) is 0 Å². The molecule has 6 nitrogen and oxygen atoms in total. The number of para-hydroxylation sites is 1. The lowest BCUT2D eigenvalue weighted by Crippen LogP contribution is -2.44. The van der Waals surface area contributed by atoms with E-state index in [1.807, 2.05) is 78.5 Å². The van der Waals surface area contributed by atoms with Crippen molar-refractivity contribution in [3.8, 4) is 5.75 Å². The lowest BCUT2D eigenvalue weighted by atomic mass is 9.79. The van der Waals surface area contributed by atoms with Gasteiger partial charge in [0.1, 0.15) is 5.75 Å². The first kappa shape index (κ1) is 20.8. The monoisotopic (exact) mass is 439 g/mol. The molecule has 0 unspecified atom stereocenters. The Hall–Kier alpha value is -4.06. The number of hydrogen-bond donors (Lipinski definition) is 1. The van der Waals surface area contributed by atoms with E-state index in [-0.39, 0.29) is 11.8 Å². The minimum Gasteiger partial charge on any atom is -0.497 e. The van der Waals surface area contributed by atoms with Crippen LogP contribution in [0, 0.1) is 0 Å².